The van der Waals surface area contributed by atoms with Gasteiger partial charge < -0.3 is 5.32 Å². The molecule has 2 nitrogen and oxygen atoms in total. The SMILES string of the molecule is CC(=O)c1ccc2c(c1)[C@@H]1C=CC[C@H]1[C@@H](c1ccccc1Cl)N2. The highest BCUT2D eigenvalue weighted by molar-refractivity contribution is 6.31. The third-order valence-electron chi connectivity index (χ3n) is 5.01. The van der Waals surface area contributed by atoms with E-state index in [0.717, 1.165) is 28.3 Å². The molecule has 0 saturated carbocycles. The van der Waals surface area contributed by atoms with Crippen molar-refractivity contribution in [1.29, 1.82) is 0 Å². The molecule has 2 aliphatic rings. The van der Waals surface area contributed by atoms with E-state index in [1.54, 1.807) is 6.92 Å². The number of allylic oxidation sites excluding steroid dienone is 2. The van der Waals surface area contributed by atoms with Crippen molar-refractivity contribution in [1.82, 2.24) is 0 Å². The van der Waals surface area contributed by atoms with E-state index in [2.05, 4.69) is 23.5 Å². The van der Waals surface area contributed by atoms with Crippen LogP contribution in [0.15, 0.2) is 54.6 Å². The minimum Gasteiger partial charge on any atom is -0.378 e. The molecule has 3 heteroatoms. The highest BCUT2D eigenvalue weighted by Crippen LogP contribution is 2.50. The van der Waals surface area contributed by atoms with Gasteiger partial charge in [0.25, 0.3) is 0 Å². The third-order valence-corrected chi connectivity index (χ3v) is 5.35. The van der Waals surface area contributed by atoms with Crippen molar-refractivity contribution in [3.05, 3.63) is 76.3 Å². The van der Waals surface area contributed by atoms with Crippen LogP contribution in [-0.2, 0) is 0 Å². The number of fused-ring (bicyclic) bond motifs is 3. The molecule has 0 bridgehead atoms. The Morgan fingerprint density at radius 1 is 1.17 bits per heavy atom. The standard InChI is InChI=1S/C20H18ClNO/c1-12(23)13-9-10-19-17(11-13)14-6-4-7-15(14)20(22-19)16-5-2-3-8-18(16)21/h2-6,8-11,14-15,20,22H,7H2,1H3/t14-,15-,20+/m1/s1. The van der Waals surface area contributed by atoms with Gasteiger partial charge >= 0.3 is 0 Å². The van der Waals surface area contributed by atoms with E-state index in [0.29, 0.717) is 11.8 Å². The van der Waals surface area contributed by atoms with Gasteiger partial charge in [-0.15, -0.1) is 0 Å². The van der Waals surface area contributed by atoms with Gasteiger partial charge in [-0.25, -0.2) is 0 Å². The van der Waals surface area contributed by atoms with Crippen molar-refractivity contribution in [2.45, 2.75) is 25.3 Å². The van der Waals surface area contributed by atoms with E-state index in [1.807, 2.05) is 36.4 Å². The first kappa shape index (κ1) is 14.5. The lowest BCUT2D eigenvalue weighted by molar-refractivity contribution is 0.101. The molecule has 1 aliphatic heterocycles. The number of anilines is 1. The Kier molecular flexibility index (Phi) is 3.50. The summed E-state index contributed by atoms with van der Waals surface area (Å²) in [5, 5.41) is 4.46. The summed E-state index contributed by atoms with van der Waals surface area (Å²) in [6.07, 6.45) is 5.55. The number of halogens is 1. The maximum Gasteiger partial charge on any atom is 0.159 e. The number of benzene rings is 2. The van der Waals surface area contributed by atoms with Gasteiger partial charge in [-0.3, -0.25) is 4.79 Å². The summed E-state index contributed by atoms with van der Waals surface area (Å²) in [6, 6.07) is 14.2. The molecule has 1 N–H and O–H groups in total. The van der Waals surface area contributed by atoms with Gasteiger partial charge in [0.05, 0.1) is 6.04 Å². The Bertz CT molecular complexity index is 811. The van der Waals surface area contributed by atoms with Crippen LogP contribution in [0.2, 0.25) is 5.02 Å². The van der Waals surface area contributed by atoms with Gasteiger partial charge in [-0.1, -0.05) is 42.0 Å². The van der Waals surface area contributed by atoms with Crippen molar-refractivity contribution >= 4 is 23.1 Å². The summed E-state index contributed by atoms with van der Waals surface area (Å²) >= 11 is 6.44. The minimum atomic E-state index is 0.111. The first-order valence-corrected chi connectivity index (χ1v) is 8.35. The number of carbonyl (C=O) groups is 1. The first-order valence-electron chi connectivity index (χ1n) is 7.97. The predicted molar refractivity (Wildman–Crippen MR) is 94.3 cm³/mol. The molecular formula is C20H18ClNO. The van der Waals surface area contributed by atoms with E-state index < -0.39 is 0 Å². The van der Waals surface area contributed by atoms with E-state index in [1.165, 1.54) is 5.56 Å². The lowest BCUT2D eigenvalue weighted by Gasteiger charge is -2.38. The second-order valence-electron chi connectivity index (χ2n) is 6.36. The lowest BCUT2D eigenvalue weighted by atomic mass is 9.76. The summed E-state index contributed by atoms with van der Waals surface area (Å²) in [7, 11) is 0. The van der Waals surface area contributed by atoms with Gasteiger partial charge in [0.15, 0.2) is 5.78 Å². The topological polar surface area (TPSA) is 29.1 Å². The van der Waals surface area contributed by atoms with Crippen LogP contribution in [0.1, 0.15) is 46.8 Å². The predicted octanol–water partition coefficient (Wildman–Crippen LogP) is 5.37. The largest absolute Gasteiger partial charge is 0.378 e. The zero-order valence-electron chi connectivity index (χ0n) is 12.9. The molecule has 3 atom stereocenters. The molecule has 23 heavy (non-hydrogen) atoms. The summed E-state index contributed by atoms with van der Waals surface area (Å²) in [4.78, 5) is 11.7. The zero-order valence-corrected chi connectivity index (χ0v) is 13.7. The Labute approximate surface area is 141 Å². The number of hydrogen-bond donors (Lipinski definition) is 1. The number of ketones is 1. The van der Waals surface area contributed by atoms with Gasteiger partial charge in [0.1, 0.15) is 0 Å². The lowest BCUT2D eigenvalue weighted by Crippen LogP contribution is -2.29. The summed E-state index contributed by atoms with van der Waals surface area (Å²) < 4.78 is 0. The van der Waals surface area contributed by atoms with Crippen LogP contribution in [-0.4, -0.2) is 5.78 Å². The van der Waals surface area contributed by atoms with Crippen LogP contribution >= 0.6 is 11.6 Å². The molecule has 0 aromatic heterocycles. The van der Waals surface area contributed by atoms with Crippen LogP contribution in [0.5, 0.6) is 0 Å². The van der Waals surface area contributed by atoms with Crippen molar-refractivity contribution in [3.63, 3.8) is 0 Å². The molecule has 0 fully saturated rings. The number of hydrogen-bond acceptors (Lipinski definition) is 2. The van der Waals surface area contributed by atoms with E-state index >= 15 is 0 Å². The number of carbonyl (C=O) groups excluding carboxylic acids is 1. The van der Waals surface area contributed by atoms with Crippen molar-refractivity contribution < 1.29 is 4.79 Å². The Morgan fingerprint density at radius 2 is 2.00 bits per heavy atom. The molecule has 0 unspecified atom stereocenters. The third kappa shape index (κ3) is 2.38. The van der Waals surface area contributed by atoms with Crippen molar-refractivity contribution in [2.24, 2.45) is 5.92 Å². The van der Waals surface area contributed by atoms with Crippen LogP contribution in [0.25, 0.3) is 0 Å². The average molecular weight is 324 g/mol. The fraction of sp³-hybridized carbons (Fsp3) is 0.250. The molecule has 0 amide bonds. The summed E-state index contributed by atoms with van der Waals surface area (Å²) in [5.41, 5.74) is 4.25. The number of nitrogens with one attached hydrogen (secondary N) is 1. The number of Topliss-reactive ketones (excluding diaryl/α,β-unsaturated/α-hetero) is 1. The average Bonchev–Trinajstić information content (AvgIpc) is 3.04. The zero-order chi connectivity index (χ0) is 16.0. The normalized spacial score (nSPS) is 24.7. The Morgan fingerprint density at radius 3 is 2.78 bits per heavy atom. The molecule has 1 heterocycles. The quantitative estimate of drug-likeness (QED) is 0.594. The van der Waals surface area contributed by atoms with Crippen LogP contribution in [0.4, 0.5) is 5.69 Å². The molecular weight excluding hydrogens is 306 g/mol. The fourth-order valence-corrected chi connectivity index (χ4v) is 4.10. The van der Waals surface area contributed by atoms with Gasteiger partial charge in [0.2, 0.25) is 0 Å². The number of rotatable bonds is 2. The second kappa shape index (κ2) is 5.54. The van der Waals surface area contributed by atoms with Crippen LogP contribution in [0, 0.1) is 5.92 Å². The molecule has 2 aromatic carbocycles. The molecule has 1 aliphatic carbocycles. The van der Waals surface area contributed by atoms with E-state index in [-0.39, 0.29) is 11.8 Å². The van der Waals surface area contributed by atoms with Gasteiger partial charge in [-0.05, 0) is 54.7 Å². The Hall–Kier alpha value is -2.06. The molecule has 4 rings (SSSR count). The summed E-state index contributed by atoms with van der Waals surface area (Å²) in [5.74, 6) is 0.885. The van der Waals surface area contributed by atoms with Gasteiger partial charge in [-0.2, -0.15) is 0 Å². The van der Waals surface area contributed by atoms with E-state index in [9.17, 15) is 4.79 Å². The maximum atomic E-state index is 11.7. The second-order valence-corrected chi connectivity index (χ2v) is 6.76. The summed E-state index contributed by atoms with van der Waals surface area (Å²) in [6.45, 7) is 1.62. The van der Waals surface area contributed by atoms with Crippen LogP contribution < -0.4 is 5.32 Å². The Balaban J connectivity index is 1.81. The highest BCUT2D eigenvalue weighted by Gasteiger charge is 2.38. The highest BCUT2D eigenvalue weighted by atomic mass is 35.5. The van der Waals surface area contributed by atoms with E-state index in [4.69, 9.17) is 11.6 Å². The minimum absolute atomic E-state index is 0.111. The van der Waals surface area contributed by atoms with Gasteiger partial charge in [0, 0.05) is 22.2 Å². The molecule has 0 saturated heterocycles. The smallest absolute Gasteiger partial charge is 0.159 e. The molecule has 116 valence electrons. The van der Waals surface area contributed by atoms with Crippen molar-refractivity contribution in [2.75, 3.05) is 5.32 Å². The molecule has 0 spiro atoms. The molecule has 2 aromatic rings. The van der Waals surface area contributed by atoms with Crippen molar-refractivity contribution in [3.8, 4) is 0 Å². The molecule has 0 radical (unpaired) electrons. The monoisotopic (exact) mass is 323 g/mol. The van der Waals surface area contributed by atoms with Crippen LogP contribution in [0.3, 0.4) is 0 Å². The maximum absolute atomic E-state index is 11.7. The first-order chi connectivity index (χ1) is 11.1. The fourth-order valence-electron chi connectivity index (χ4n) is 3.85.